The maximum atomic E-state index is 11.6. The zero-order valence-corrected chi connectivity index (χ0v) is 3.50. The van der Waals surface area contributed by atoms with Crippen LogP contribution in [0.5, 0.6) is 0 Å². The highest BCUT2D eigenvalue weighted by molar-refractivity contribution is 4.85. The van der Waals surface area contributed by atoms with Gasteiger partial charge in [-0.1, -0.05) is 0 Å². The summed E-state index contributed by atoms with van der Waals surface area (Å²) < 4.78 is 55.5. The lowest BCUT2D eigenvalue weighted by Crippen LogP contribution is -2.57. The minimum atomic E-state index is -4.43. The lowest BCUT2D eigenvalue weighted by atomic mass is 10.2. The Balaban J connectivity index is 2.70. The van der Waals surface area contributed by atoms with Crippen molar-refractivity contribution in [3.8, 4) is 0 Å². The Kier molecular flexibility index (Phi) is 0.655. The summed E-state index contributed by atoms with van der Waals surface area (Å²) in [7, 11) is 0. The Labute approximate surface area is 43.6 Å². The van der Waals surface area contributed by atoms with E-state index in [1.165, 1.54) is 0 Å². The van der Waals surface area contributed by atoms with Gasteiger partial charge >= 0.3 is 12.0 Å². The van der Waals surface area contributed by atoms with Crippen molar-refractivity contribution >= 4 is 0 Å². The molecule has 0 radical (unpaired) electrons. The Bertz CT molecular complexity index is 136. The summed E-state index contributed by atoms with van der Waals surface area (Å²) in [5.41, 5.74) is 0. The zero-order valence-electron chi connectivity index (χ0n) is 4.50. The van der Waals surface area contributed by atoms with Gasteiger partial charge in [-0.05, 0) is 0 Å². The fraction of sp³-hybridized carbons (Fsp3) is 1.00. The molecule has 1 aliphatic heterocycles. The zero-order chi connectivity index (χ0) is 7.28. The Morgan fingerprint density at radius 1 is 1.38 bits per heavy atom. The van der Waals surface area contributed by atoms with Crippen molar-refractivity contribution in [2.45, 2.75) is 12.0 Å². The lowest BCUT2D eigenvalue weighted by Gasteiger charge is -2.34. The second kappa shape index (κ2) is 1.15. The van der Waals surface area contributed by atoms with Crippen molar-refractivity contribution in [2.24, 2.45) is 0 Å². The van der Waals surface area contributed by atoms with Gasteiger partial charge in [-0.15, -0.1) is 0 Å². The van der Waals surface area contributed by atoms with Gasteiger partial charge in [0.15, 0.2) is 0 Å². The highest BCUT2D eigenvalue weighted by Crippen LogP contribution is 2.43. The predicted octanol–water partition coefficient (Wildman–Crippen LogP) is 1.24. The van der Waals surface area contributed by atoms with Crippen LogP contribution in [0.25, 0.3) is 0 Å². The van der Waals surface area contributed by atoms with Gasteiger partial charge in [0.1, 0.15) is 6.58 Å². The van der Waals surface area contributed by atoms with Crippen molar-refractivity contribution in [1.29, 1.82) is 0 Å². The van der Waals surface area contributed by atoms with Crippen LogP contribution in [0.2, 0.25) is 0 Å². The van der Waals surface area contributed by atoms with Gasteiger partial charge in [-0.2, -0.15) is 17.6 Å². The second-order valence-corrected chi connectivity index (χ2v) is 1.38. The van der Waals surface area contributed by atoms with E-state index in [2.05, 4.69) is 4.74 Å². The minimum Gasteiger partial charge on any atom is -0.309 e. The molecule has 1 rings (SSSR count). The molecule has 0 bridgehead atoms. The Morgan fingerprint density at radius 3 is 1.88 bits per heavy atom. The van der Waals surface area contributed by atoms with E-state index in [4.69, 9.17) is 1.37 Å². The van der Waals surface area contributed by atoms with Gasteiger partial charge in [0, 0.05) is 0 Å². The van der Waals surface area contributed by atoms with Crippen LogP contribution in [0.1, 0.15) is 1.37 Å². The quantitative estimate of drug-likeness (QED) is 0.449. The Hall–Kier alpha value is -0.320. The first-order valence-corrected chi connectivity index (χ1v) is 1.73. The SMILES string of the molecule is [2H]C1OC(F)(F)C1(F)F. The van der Waals surface area contributed by atoms with Gasteiger partial charge in [-0.25, -0.2) is 0 Å². The van der Waals surface area contributed by atoms with Crippen LogP contribution >= 0.6 is 0 Å². The van der Waals surface area contributed by atoms with Crippen LogP contribution in [-0.4, -0.2) is 18.6 Å². The van der Waals surface area contributed by atoms with E-state index in [9.17, 15) is 17.6 Å². The van der Waals surface area contributed by atoms with Crippen molar-refractivity contribution in [3.05, 3.63) is 0 Å². The smallest absolute Gasteiger partial charge is 0.309 e. The molecule has 0 amide bonds. The number of hydrogen-bond acceptors (Lipinski definition) is 1. The van der Waals surface area contributed by atoms with Crippen LogP contribution in [0.15, 0.2) is 0 Å². The standard InChI is InChI=1S/C3H2F4O/c4-2(5)1-8-3(2,6)7/h1H2/i1D. The summed E-state index contributed by atoms with van der Waals surface area (Å²) in [6.07, 6.45) is -4.43. The predicted molar refractivity (Wildman–Crippen MR) is 15.8 cm³/mol. The third kappa shape index (κ3) is 0.506. The third-order valence-electron chi connectivity index (χ3n) is 0.743. The first-order valence-electron chi connectivity index (χ1n) is 2.31. The molecule has 0 N–H and O–H groups in total. The molecule has 5 heteroatoms. The normalized spacial score (nSPS) is 42.5. The first-order chi connectivity index (χ1) is 3.88. The van der Waals surface area contributed by atoms with Gasteiger partial charge < -0.3 is 4.74 Å². The highest BCUT2D eigenvalue weighted by atomic mass is 19.3. The average molecular weight is 131 g/mol. The van der Waals surface area contributed by atoms with E-state index < -0.39 is 18.6 Å². The van der Waals surface area contributed by atoms with Crippen molar-refractivity contribution < 1.29 is 23.7 Å². The average Bonchev–Trinajstić information content (AvgIpc) is 1.65. The molecule has 0 saturated carbocycles. The number of rotatable bonds is 0. The highest BCUT2D eigenvalue weighted by Gasteiger charge is 2.67. The van der Waals surface area contributed by atoms with Gasteiger partial charge in [-0.3, -0.25) is 0 Å². The van der Waals surface area contributed by atoms with Crippen LogP contribution in [0.3, 0.4) is 0 Å². The molecule has 1 aliphatic rings. The molecule has 0 aromatic rings. The minimum absolute atomic E-state index is 2.41. The topological polar surface area (TPSA) is 9.23 Å². The molecule has 0 spiro atoms. The number of alkyl halides is 4. The number of halogens is 4. The maximum Gasteiger partial charge on any atom is 0.422 e. The number of hydrogen-bond donors (Lipinski definition) is 0. The molecule has 1 nitrogen and oxygen atoms in total. The largest absolute Gasteiger partial charge is 0.422 e. The summed E-state index contributed by atoms with van der Waals surface area (Å²) in [5, 5.41) is 0. The Morgan fingerprint density at radius 2 is 1.88 bits per heavy atom. The fourth-order valence-electron chi connectivity index (χ4n) is 0.237. The molecule has 1 atom stereocenters. The van der Waals surface area contributed by atoms with E-state index >= 15 is 0 Å². The molecule has 8 heavy (non-hydrogen) atoms. The molecule has 1 saturated heterocycles. The molecular weight excluding hydrogens is 128 g/mol. The third-order valence-corrected chi connectivity index (χ3v) is 0.743. The molecule has 48 valence electrons. The van der Waals surface area contributed by atoms with Crippen LogP contribution in [-0.2, 0) is 4.74 Å². The summed E-state index contributed by atoms with van der Waals surface area (Å²) in [6, 6.07) is 0. The lowest BCUT2D eigenvalue weighted by molar-refractivity contribution is -0.441. The van der Waals surface area contributed by atoms with E-state index in [0.29, 0.717) is 0 Å². The van der Waals surface area contributed by atoms with Crippen LogP contribution in [0.4, 0.5) is 17.6 Å². The molecule has 1 heterocycles. The summed E-state index contributed by atoms with van der Waals surface area (Å²) in [6.45, 7) is -2.41. The van der Waals surface area contributed by atoms with Crippen molar-refractivity contribution in [3.63, 3.8) is 0 Å². The second-order valence-electron chi connectivity index (χ2n) is 1.38. The van der Waals surface area contributed by atoms with Gasteiger partial charge in [0.2, 0.25) is 0 Å². The monoisotopic (exact) mass is 131 g/mol. The molecular formula is C3H2F4O. The molecule has 0 aliphatic carbocycles. The summed E-state index contributed by atoms with van der Waals surface area (Å²) in [4.78, 5) is 0. The van der Waals surface area contributed by atoms with E-state index in [0.717, 1.165) is 0 Å². The summed E-state index contributed by atoms with van der Waals surface area (Å²) >= 11 is 0. The van der Waals surface area contributed by atoms with Crippen LogP contribution < -0.4 is 0 Å². The van der Waals surface area contributed by atoms with Gasteiger partial charge in [0.05, 0.1) is 1.37 Å². The van der Waals surface area contributed by atoms with Crippen molar-refractivity contribution in [1.82, 2.24) is 0 Å². The fourth-order valence-corrected chi connectivity index (χ4v) is 0.237. The molecule has 1 fully saturated rings. The maximum absolute atomic E-state index is 11.6. The first kappa shape index (κ1) is 4.55. The molecule has 0 aromatic heterocycles. The summed E-state index contributed by atoms with van der Waals surface area (Å²) in [5.74, 6) is -4.31. The van der Waals surface area contributed by atoms with Crippen LogP contribution in [0, 0.1) is 0 Å². The molecule has 0 aromatic carbocycles. The van der Waals surface area contributed by atoms with Gasteiger partial charge in [0.25, 0.3) is 0 Å². The molecule has 1 unspecified atom stereocenters. The number of ether oxygens (including phenoxy) is 1. The van der Waals surface area contributed by atoms with E-state index in [1.54, 1.807) is 0 Å². The van der Waals surface area contributed by atoms with E-state index in [-0.39, 0.29) is 0 Å². The van der Waals surface area contributed by atoms with Crippen molar-refractivity contribution in [2.75, 3.05) is 6.58 Å². The van der Waals surface area contributed by atoms with E-state index in [1.807, 2.05) is 0 Å².